The minimum Gasteiger partial charge on any atom is -0.488 e. The molecule has 0 atom stereocenters. The van der Waals surface area contributed by atoms with E-state index in [2.05, 4.69) is 11.8 Å². The van der Waals surface area contributed by atoms with Gasteiger partial charge in [-0.3, -0.25) is 4.79 Å². The summed E-state index contributed by atoms with van der Waals surface area (Å²) in [6, 6.07) is 5.00. The molecule has 1 aliphatic heterocycles. The SMILES string of the molecule is NC(=O)C#Cc1ccc2c(c1)C=C(C(=O)O)CO2. The third kappa shape index (κ3) is 2.50. The molecule has 0 aromatic heterocycles. The maximum Gasteiger partial charge on any atom is 0.335 e. The summed E-state index contributed by atoms with van der Waals surface area (Å²) in [5, 5.41) is 8.87. The molecular weight excluding hydrogens is 234 g/mol. The zero-order chi connectivity index (χ0) is 13.1. The Morgan fingerprint density at radius 3 is 2.83 bits per heavy atom. The van der Waals surface area contributed by atoms with Gasteiger partial charge in [-0.1, -0.05) is 5.92 Å². The van der Waals surface area contributed by atoms with Gasteiger partial charge < -0.3 is 15.6 Å². The molecule has 0 fully saturated rings. The monoisotopic (exact) mass is 243 g/mol. The summed E-state index contributed by atoms with van der Waals surface area (Å²) < 4.78 is 5.29. The number of ether oxygens (including phenoxy) is 1. The molecule has 0 saturated carbocycles. The number of amides is 1. The number of rotatable bonds is 1. The first-order valence-corrected chi connectivity index (χ1v) is 5.08. The zero-order valence-electron chi connectivity index (χ0n) is 9.27. The number of aliphatic carboxylic acids is 1. The predicted octanol–water partition coefficient (Wildman–Crippen LogP) is 0.384. The van der Waals surface area contributed by atoms with Gasteiger partial charge in [-0.05, 0) is 30.2 Å². The molecular formula is C13H9NO4. The lowest BCUT2D eigenvalue weighted by Crippen LogP contribution is -2.14. The van der Waals surface area contributed by atoms with Crippen LogP contribution < -0.4 is 10.5 Å². The minimum absolute atomic E-state index is 0.0364. The number of carboxylic acid groups (broad SMARTS) is 1. The second-order valence-electron chi connectivity index (χ2n) is 3.63. The summed E-state index contributed by atoms with van der Waals surface area (Å²) in [6.07, 6.45) is 1.52. The second kappa shape index (κ2) is 4.63. The topological polar surface area (TPSA) is 89.6 Å². The molecule has 0 unspecified atom stereocenters. The minimum atomic E-state index is -1.02. The summed E-state index contributed by atoms with van der Waals surface area (Å²) >= 11 is 0. The largest absolute Gasteiger partial charge is 0.488 e. The van der Waals surface area contributed by atoms with Gasteiger partial charge in [0.05, 0.1) is 5.57 Å². The van der Waals surface area contributed by atoms with Gasteiger partial charge in [-0.25, -0.2) is 4.79 Å². The summed E-state index contributed by atoms with van der Waals surface area (Å²) in [4.78, 5) is 21.4. The molecule has 1 heterocycles. The molecule has 5 nitrogen and oxygen atoms in total. The van der Waals surface area contributed by atoms with E-state index in [1.165, 1.54) is 6.08 Å². The highest BCUT2D eigenvalue weighted by molar-refractivity contribution is 5.94. The van der Waals surface area contributed by atoms with Crippen molar-refractivity contribution in [1.29, 1.82) is 0 Å². The van der Waals surface area contributed by atoms with E-state index in [9.17, 15) is 9.59 Å². The number of primary amides is 1. The number of carbonyl (C=O) groups excluding carboxylic acids is 1. The highest BCUT2D eigenvalue weighted by Crippen LogP contribution is 2.27. The fourth-order valence-electron chi connectivity index (χ4n) is 1.51. The number of carboxylic acids is 1. The van der Waals surface area contributed by atoms with Gasteiger partial charge in [0, 0.05) is 11.1 Å². The smallest absolute Gasteiger partial charge is 0.335 e. The third-order valence-electron chi connectivity index (χ3n) is 2.33. The molecule has 1 amide bonds. The van der Waals surface area contributed by atoms with Gasteiger partial charge >= 0.3 is 5.97 Å². The number of hydrogen-bond acceptors (Lipinski definition) is 3. The molecule has 90 valence electrons. The molecule has 1 aromatic carbocycles. The maximum absolute atomic E-state index is 10.8. The van der Waals surface area contributed by atoms with Crippen LogP contribution in [0, 0.1) is 11.8 Å². The number of benzene rings is 1. The standard InChI is InChI=1S/C13H9NO4/c14-12(15)4-2-8-1-3-11-9(5-8)6-10(7-18-11)13(16)17/h1,3,5-6H,7H2,(H2,14,15)(H,16,17). The Hall–Kier alpha value is -2.74. The molecule has 0 radical (unpaired) electrons. The van der Waals surface area contributed by atoms with E-state index in [1.807, 2.05) is 0 Å². The van der Waals surface area contributed by atoms with Crippen LogP contribution in [0.1, 0.15) is 11.1 Å². The van der Waals surface area contributed by atoms with Crippen LogP contribution >= 0.6 is 0 Å². The van der Waals surface area contributed by atoms with Gasteiger partial charge in [-0.15, -0.1) is 0 Å². The predicted molar refractivity (Wildman–Crippen MR) is 63.6 cm³/mol. The normalized spacial score (nSPS) is 12.3. The third-order valence-corrected chi connectivity index (χ3v) is 2.33. The van der Waals surface area contributed by atoms with Crippen LogP contribution in [0.3, 0.4) is 0 Å². The Kier molecular flexibility index (Phi) is 3.02. The molecule has 0 spiro atoms. The van der Waals surface area contributed by atoms with Crippen LogP contribution in [0.4, 0.5) is 0 Å². The van der Waals surface area contributed by atoms with Crippen molar-refractivity contribution in [2.45, 2.75) is 0 Å². The quantitative estimate of drug-likeness (QED) is 0.698. The summed E-state index contributed by atoms with van der Waals surface area (Å²) in [6.45, 7) is 0.0364. The molecule has 18 heavy (non-hydrogen) atoms. The molecule has 3 N–H and O–H groups in total. The van der Waals surface area contributed by atoms with Gasteiger partial charge in [0.15, 0.2) is 0 Å². The van der Waals surface area contributed by atoms with E-state index < -0.39 is 11.9 Å². The van der Waals surface area contributed by atoms with Crippen LogP contribution in [-0.2, 0) is 9.59 Å². The van der Waals surface area contributed by atoms with Crippen LogP contribution in [0.5, 0.6) is 5.75 Å². The lowest BCUT2D eigenvalue weighted by atomic mass is 10.0. The lowest BCUT2D eigenvalue weighted by molar-refractivity contribution is -0.133. The number of nitrogens with two attached hydrogens (primary N) is 1. The van der Waals surface area contributed by atoms with Gasteiger partial charge in [0.25, 0.3) is 5.91 Å². The van der Waals surface area contributed by atoms with E-state index in [0.717, 1.165) is 0 Å². The van der Waals surface area contributed by atoms with Crippen LogP contribution in [-0.4, -0.2) is 23.6 Å². The number of hydrogen-bond donors (Lipinski definition) is 2. The Morgan fingerprint density at radius 1 is 1.39 bits per heavy atom. The first-order valence-electron chi connectivity index (χ1n) is 5.08. The van der Waals surface area contributed by atoms with E-state index in [4.69, 9.17) is 15.6 Å². The van der Waals surface area contributed by atoms with Gasteiger partial charge in [0.2, 0.25) is 0 Å². The van der Waals surface area contributed by atoms with E-state index in [1.54, 1.807) is 18.2 Å². The lowest BCUT2D eigenvalue weighted by Gasteiger charge is -2.15. The van der Waals surface area contributed by atoms with E-state index >= 15 is 0 Å². The molecule has 0 bridgehead atoms. The highest BCUT2D eigenvalue weighted by Gasteiger charge is 2.16. The van der Waals surface area contributed by atoms with Gasteiger partial charge in [-0.2, -0.15) is 0 Å². The average molecular weight is 243 g/mol. The van der Waals surface area contributed by atoms with E-state index in [0.29, 0.717) is 16.9 Å². The molecule has 5 heteroatoms. The molecule has 0 aliphatic carbocycles. The van der Waals surface area contributed by atoms with Crippen molar-refractivity contribution in [2.75, 3.05) is 6.61 Å². The maximum atomic E-state index is 10.8. The molecule has 1 aromatic rings. The summed E-state index contributed by atoms with van der Waals surface area (Å²) in [5.74, 6) is 3.65. The fraction of sp³-hybridized carbons (Fsp3) is 0.0769. The molecule has 2 rings (SSSR count). The zero-order valence-corrected chi connectivity index (χ0v) is 9.27. The Labute approximate surface area is 103 Å². The Bertz CT molecular complexity index is 620. The van der Waals surface area contributed by atoms with Crippen molar-refractivity contribution in [2.24, 2.45) is 5.73 Å². The van der Waals surface area contributed by atoms with Crippen molar-refractivity contribution in [3.05, 3.63) is 34.9 Å². The van der Waals surface area contributed by atoms with Crippen molar-refractivity contribution < 1.29 is 19.4 Å². The van der Waals surface area contributed by atoms with Crippen molar-refractivity contribution in [3.63, 3.8) is 0 Å². The second-order valence-corrected chi connectivity index (χ2v) is 3.63. The molecule has 0 saturated heterocycles. The fourth-order valence-corrected chi connectivity index (χ4v) is 1.51. The molecule has 1 aliphatic rings. The first kappa shape index (κ1) is 11.7. The van der Waals surface area contributed by atoms with Crippen LogP contribution in [0.2, 0.25) is 0 Å². The first-order chi connectivity index (χ1) is 8.56. The van der Waals surface area contributed by atoms with Crippen LogP contribution in [0.15, 0.2) is 23.8 Å². The number of carbonyl (C=O) groups is 2. The van der Waals surface area contributed by atoms with Crippen molar-refractivity contribution in [1.82, 2.24) is 0 Å². The summed E-state index contributed by atoms with van der Waals surface area (Å²) in [5.41, 5.74) is 6.27. The van der Waals surface area contributed by atoms with Crippen molar-refractivity contribution >= 4 is 18.0 Å². The van der Waals surface area contributed by atoms with Crippen molar-refractivity contribution in [3.8, 4) is 17.6 Å². The van der Waals surface area contributed by atoms with E-state index in [-0.39, 0.29) is 12.2 Å². The number of fused-ring (bicyclic) bond motifs is 1. The van der Waals surface area contributed by atoms with Crippen LogP contribution in [0.25, 0.3) is 6.08 Å². The average Bonchev–Trinajstić information content (AvgIpc) is 2.35. The highest BCUT2D eigenvalue weighted by atomic mass is 16.5. The Morgan fingerprint density at radius 2 is 2.17 bits per heavy atom. The summed E-state index contributed by atoms with van der Waals surface area (Å²) in [7, 11) is 0. The Balaban J connectivity index is 2.39. The van der Waals surface area contributed by atoms with Gasteiger partial charge in [0.1, 0.15) is 12.4 Å².